The molecule has 2 N–H and O–H groups in total. The molecule has 16 heavy (non-hydrogen) atoms. The van der Waals surface area contributed by atoms with Crippen LogP contribution in [0.3, 0.4) is 0 Å². The van der Waals surface area contributed by atoms with Crippen molar-refractivity contribution in [3.05, 3.63) is 0 Å². The molecule has 88 valence electrons. The minimum atomic E-state index is -0.459. The number of nitrogens with one attached hydrogen (secondary N) is 2. The molecule has 2 heterocycles. The summed E-state index contributed by atoms with van der Waals surface area (Å²) >= 11 is 0. The largest absolute Gasteiger partial charge is 0.340 e. The van der Waals surface area contributed by atoms with Crippen LogP contribution >= 0.6 is 0 Å². The van der Waals surface area contributed by atoms with Gasteiger partial charge in [-0.05, 0) is 0 Å². The van der Waals surface area contributed by atoms with Gasteiger partial charge in [-0.15, -0.1) is 0 Å². The zero-order chi connectivity index (χ0) is 11.5. The summed E-state index contributed by atoms with van der Waals surface area (Å²) in [5.74, 6) is -1.21. The number of piperazine rings is 1. The first-order valence-electron chi connectivity index (χ1n) is 5.49. The third-order valence-corrected chi connectivity index (χ3v) is 2.92. The molecule has 0 aromatic rings. The molecule has 0 bridgehead atoms. The van der Waals surface area contributed by atoms with E-state index in [1.807, 2.05) is 0 Å². The molecule has 0 saturated carbocycles. The summed E-state index contributed by atoms with van der Waals surface area (Å²) in [4.78, 5) is 36.1. The van der Waals surface area contributed by atoms with E-state index in [9.17, 15) is 14.4 Å². The number of piperidine rings is 1. The normalized spacial score (nSPS) is 23.1. The Kier molecular flexibility index (Phi) is 3.19. The van der Waals surface area contributed by atoms with Crippen molar-refractivity contribution < 1.29 is 14.4 Å². The van der Waals surface area contributed by atoms with Crippen molar-refractivity contribution in [3.63, 3.8) is 0 Å². The fraction of sp³-hybridized carbons (Fsp3) is 0.700. The molecule has 6 heteroatoms. The number of hydrogen-bond acceptors (Lipinski definition) is 4. The van der Waals surface area contributed by atoms with Crippen molar-refractivity contribution in [2.24, 2.45) is 5.92 Å². The SMILES string of the molecule is O=C1CC(C(=O)N2CCNCC2)CC(=O)N1. The zero-order valence-corrected chi connectivity index (χ0v) is 8.99. The topological polar surface area (TPSA) is 78.5 Å². The fourth-order valence-corrected chi connectivity index (χ4v) is 2.10. The summed E-state index contributed by atoms with van der Waals surface area (Å²) in [5, 5.41) is 5.36. The van der Waals surface area contributed by atoms with E-state index < -0.39 is 5.92 Å². The van der Waals surface area contributed by atoms with Crippen LogP contribution in [0, 0.1) is 5.92 Å². The Labute approximate surface area is 93.4 Å². The third kappa shape index (κ3) is 2.38. The Morgan fingerprint density at radius 3 is 2.25 bits per heavy atom. The van der Waals surface area contributed by atoms with Gasteiger partial charge in [-0.1, -0.05) is 0 Å². The number of carbonyl (C=O) groups excluding carboxylic acids is 3. The summed E-state index contributed by atoms with van der Waals surface area (Å²) in [7, 11) is 0. The lowest BCUT2D eigenvalue weighted by molar-refractivity contribution is -0.145. The van der Waals surface area contributed by atoms with Gasteiger partial charge >= 0.3 is 0 Å². The molecule has 0 aliphatic carbocycles. The second-order valence-electron chi connectivity index (χ2n) is 4.15. The summed E-state index contributed by atoms with van der Waals surface area (Å²) in [6, 6.07) is 0. The molecule has 0 radical (unpaired) electrons. The first kappa shape index (κ1) is 11.1. The Bertz CT molecular complexity index is 307. The zero-order valence-electron chi connectivity index (χ0n) is 8.99. The van der Waals surface area contributed by atoms with Crippen molar-refractivity contribution >= 4 is 17.7 Å². The van der Waals surface area contributed by atoms with Gasteiger partial charge in [0.15, 0.2) is 0 Å². The third-order valence-electron chi connectivity index (χ3n) is 2.92. The van der Waals surface area contributed by atoms with Crippen LogP contribution in [0.1, 0.15) is 12.8 Å². The smallest absolute Gasteiger partial charge is 0.227 e. The van der Waals surface area contributed by atoms with Gasteiger partial charge in [0.25, 0.3) is 0 Å². The molecular weight excluding hydrogens is 210 g/mol. The monoisotopic (exact) mass is 225 g/mol. The van der Waals surface area contributed by atoms with Gasteiger partial charge in [-0.3, -0.25) is 19.7 Å². The summed E-state index contributed by atoms with van der Waals surface area (Å²) in [6.45, 7) is 2.87. The Morgan fingerprint density at radius 1 is 1.12 bits per heavy atom. The quantitative estimate of drug-likeness (QED) is 0.531. The molecule has 2 aliphatic heterocycles. The number of amides is 3. The number of rotatable bonds is 1. The fourth-order valence-electron chi connectivity index (χ4n) is 2.10. The standard InChI is InChI=1S/C10H15N3O3/c14-8-5-7(6-9(15)12-8)10(16)13-3-1-11-2-4-13/h7,11H,1-6H2,(H,12,14,15). The Hall–Kier alpha value is -1.43. The van der Waals surface area contributed by atoms with Crippen molar-refractivity contribution in [3.8, 4) is 0 Å². The minimum Gasteiger partial charge on any atom is -0.340 e. The first-order valence-corrected chi connectivity index (χ1v) is 5.49. The highest BCUT2D eigenvalue weighted by Gasteiger charge is 2.33. The molecule has 2 aliphatic rings. The molecule has 0 spiro atoms. The van der Waals surface area contributed by atoms with Crippen molar-refractivity contribution in [2.75, 3.05) is 26.2 Å². The van der Waals surface area contributed by atoms with E-state index in [4.69, 9.17) is 0 Å². The highest BCUT2D eigenvalue weighted by atomic mass is 16.2. The predicted octanol–water partition coefficient (Wildman–Crippen LogP) is -1.53. The van der Waals surface area contributed by atoms with Gasteiger partial charge < -0.3 is 10.2 Å². The van der Waals surface area contributed by atoms with E-state index in [0.717, 1.165) is 13.1 Å². The van der Waals surface area contributed by atoms with Gasteiger partial charge in [0.2, 0.25) is 17.7 Å². The molecule has 2 rings (SSSR count). The lowest BCUT2D eigenvalue weighted by Gasteiger charge is -2.31. The highest BCUT2D eigenvalue weighted by molar-refractivity contribution is 6.02. The molecule has 6 nitrogen and oxygen atoms in total. The summed E-state index contributed by atoms with van der Waals surface area (Å²) in [5.41, 5.74) is 0. The van der Waals surface area contributed by atoms with Gasteiger partial charge in [0, 0.05) is 39.0 Å². The maximum absolute atomic E-state index is 12.0. The molecular formula is C10H15N3O3. The average Bonchev–Trinajstić information content (AvgIpc) is 2.28. The van der Waals surface area contributed by atoms with E-state index in [1.165, 1.54) is 0 Å². The van der Waals surface area contributed by atoms with Crippen molar-refractivity contribution in [1.82, 2.24) is 15.5 Å². The highest BCUT2D eigenvalue weighted by Crippen LogP contribution is 2.16. The van der Waals surface area contributed by atoms with Crippen LogP contribution in [0.4, 0.5) is 0 Å². The number of hydrogen-bond donors (Lipinski definition) is 2. The van der Waals surface area contributed by atoms with Crippen LogP contribution in [0.15, 0.2) is 0 Å². The molecule has 0 aromatic carbocycles. The summed E-state index contributed by atoms with van der Waals surface area (Å²) in [6.07, 6.45) is 0.267. The second-order valence-corrected chi connectivity index (χ2v) is 4.15. The number of nitrogens with zero attached hydrogens (tertiary/aromatic N) is 1. The van der Waals surface area contributed by atoms with E-state index in [-0.39, 0.29) is 30.6 Å². The lowest BCUT2D eigenvalue weighted by Crippen LogP contribution is -2.51. The van der Waals surface area contributed by atoms with Crippen molar-refractivity contribution in [2.45, 2.75) is 12.8 Å². The van der Waals surface area contributed by atoms with Gasteiger partial charge in [0.05, 0.1) is 5.92 Å². The molecule has 0 atom stereocenters. The van der Waals surface area contributed by atoms with Crippen LogP contribution < -0.4 is 10.6 Å². The lowest BCUT2D eigenvalue weighted by atomic mass is 9.95. The second kappa shape index (κ2) is 4.61. The van der Waals surface area contributed by atoms with E-state index >= 15 is 0 Å². The molecule has 0 unspecified atom stereocenters. The molecule has 2 saturated heterocycles. The van der Waals surface area contributed by atoms with Gasteiger partial charge in [-0.25, -0.2) is 0 Å². The minimum absolute atomic E-state index is 0.0651. The predicted molar refractivity (Wildman–Crippen MR) is 55.3 cm³/mol. The van der Waals surface area contributed by atoms with Crippen LogP contribution in [0.25, 0.3) is 0 Å². The van der Waals surface area contributed by atoms with Crippen LogP contribution in [-0.2, 0) is 14.4 Å². The number of carbonyl (C=O) groups is 3. The molecule has 0 aromatic heterocycles. The Morgan fingerprint density at radius 2 is 1.69 bits per heavy atom. The maximum Gasteiger partial charge on any atom is 0.227 e. The Balaban J connectivity index is 1.97. The first-order chi connectivity index (χ1) is 7.66. The van der Waals surface area contributed by atoms with Crippen molar-refractivity contribution in [1.29, 1.82) is 0 Å². The van der Waals surface area contributed by atoms with E-state index in [0.29, 0.717) is 13.1 Å². The van der Waals surface area contributed by atoms with Crippen LogP contribution in [0.5, 0.6) is 0 Å². The van der Waals surface area contributed by atoms with Gasteiger partial charge in [0.1, 0.15) is 0 Å². The van der Waals surface area contributed by atoms with Crippen LogP contribution in [0.2, 0.25) is 0 Å². The number of imide groups is 1. The molecule has 2 fully saturated rings. The van der Waals surface area contributed by atoms with Crippen LogP contribution in [-0.4, -0.2) is 48.8 Å². The molecule has 3 amide bonds. The average molecular weight is 225 g/mol. The maximum atomic E-state index is 12.0. The van der Waals surface area contributed by atoms with E-state index in [2.05, 4.69) is 10.6 Å². The summed E-state index contributed by atoms with van der Waals surface area (Å²) < 4.78 is 0. The van der Waals surface area contributed by atoms with E-state index in [1.54, 1.807) is 4.90 Å². The van der Waals surface area contributed by atoms with Gasteiger partial charge in [-0.2, -0.15) is 0 Å².